The third-order valence-electron chi connectivity index (χ3n) is 5.94. The zero-order valence-electron chi connectivity index (χ0n) is 19.7. The van der Waals surface area contributed by atoms with Gasteiger partial charge in [-0.2, -0.15) is 0 Å². The average molecular weight is 518 g/mol. The van der Waals surface area contributed by atoms with Gasteiger partial charge in [-0.3, -0.25) is 14.2 Å². The van der Waals surface area contributed by atoms with E-state index in [1.54, 1.807) is 10.6 Å². The van der Waals surface area contributed by atoms with Gasteiger partial charge in [0, 0.05) is 16.6 Å². The zero-order chi connectivity index (χ0) is 24.2. The Morgan fingerprint density at radius 1 is 1.03 bits per heavy atom. The molecule has 0 aliphatic heterocycles. The van der Waals surface area contributed by atoms with Crippen LogP contribution in [-0.4, -0.2) is 26.9 Å². The summed E-state index contributed by atoms with van der Waals surface area (Å²) in [6, 6.07) is 22.2. The van der Waals surface area contributed by atoms with Crippen molar-refractivity contribution in [2.45, 2.75) is 39.7 Å². The lowest BCUT2D eigenvalue weighted by molar-refractivity contribution is 0.0659. The number of hydrogen-bond acceptors (Lipinski definition) is 3. The van der Waals surface area contributed by atoms with Crippen molar-refractivity contribution in [3.05, 3.63) is 105 Å². The topological polar surface area (TPSA) is 55.2 Å². The molecule has 4 rings (SSSR count). The van der Waals surface area contributed by atoms with E-state index >= 15 is 0 Å². The highest BCUT2D eigenvalue weighted by Gasteiger charge is 2.29. The van der Waals surface area contributed by atoms with Gasteiger partial charge in [0.15, 0.2) is 0 Å². The first-order valence-corrected chi connectivity index (χ1v) is 12.4. The zero-order valence-corrected chi connectivity index (χ0v) is 21.2. The molecule has 0 saturated carbocycles. The van der Waals surface area contributed by atoms with Crippen molar-refractivity contribution < 1.29 is 4.79 Å². The van der Waals surface area contributed by atoms with E-state index in [9.17, 15) is 9.59 Å². The fourth-order valence-corrected chi connectivity index (χ4v) is 4.59. The monoisotopic (exact) mass is 517 g/mol. The van der Waals surface area contributed by atoms with Gasteiger partial charge in [0.2, 0.25) is 0 Å². The van der Waals surface area contributed by atoms with Crippen LogP contribution in [0.5, 0.6) is 0 Å². The largest absolute Gasteiger partial charge is 0.328 e. The molecule has 0 saturated heterocycles. The quantitative estimate of drug-likeness (QED) is 0.282. The number of halogens is 1. The van der Waals surface area contributed by atoms with E-state index in [1.807, 2.05) is 85.5 Å². The Hall–Kier alpha value is -3.25. The molecule has 1 atom stereocenters. The summed E-state index contributed by atoms with van der Waals surface area (Å²) in [5, 5.41) is 0.559. The lowest BCUT2D eigenvalue weighted by Crippen LogP contribution is -2.39. The molecule has 1 unspecified atom stereocenters. The number of nitrogens with zero attached hydrogens (tertiary/aromatic N) is 3. The predicted molar refractivity (Wildman–Crippen MR) is 141 cm³/mol. The lowest BCUT2D eigenvalue weighted by atomic mass is 10.1. The smallest absolute Gasteiger partial charge is 0.266 e. The number of carbonyl (C=O) groups excluding carboxylic acids is 1. The summed E-state index contributed by atoms with van der Waals surface area (Å²) in [7, 11) is 0. The van der Waals surface area contributed by atoms with Gasteiger partial charge in [-0.15, -0.1) is 0 Å². The molecule has 0 fully saturated rings. The molecule has 5 nitrogen and oxygen atoms in total. The van der Waals surface area contributed by atoms with Crippen molar-refractivity contribution in [1.82, 2.24) is 14.5 Å². The highest BCUT2D eigenvalue weighted by Crippen LogP contribution is 2.28. The summed E-state index contributed by atoms with van der Waals surface area (Å²) in [5.41, 5.74) is 2.92. The molecular formula is C28H28BrN3O2. The molecule has 4 aromatic rings. The molecule has 34 heavy (non-hydrogen) atoms. The molecule has 0 N–H and O–H groups in total. The van der Waals surface area contributed by atoms with Crippen molar-refractivity contribution >= 4 is 32.7 Å². The van der Waals surface area contributed by atoms with Crippen molar-refractivity contribution in [2.75, 3.05) is 6.54 Å². The van der Waals surface area contributed by atoms with Crippen molar-refractivity contribution in [2.24, 2.45) is 0 Å². The van der Waals surface area contributed by atoms with Gasteiger partial charge in [0.25, 0.3) is 11.5 Å². The van der Waals surface area contributed by atoms with E-state index in [1.165, 1.54) is 0 Å². The van der Waals surface area contributed by atoms with Crippen molar-refractivity contribution in [3.8, 4) is 5.69 Å². The normalized spacial score (nSPS) is 12.0. The molecule has 6 heteroatoms. The standard InChI is InChI=1S/C28H28BrN3O2/c1-4-17-31(27(33)20-13-15-21(29)16-14-20)25(5-2)26-30-24-12-7-6-11-23(24)28(34)32(26)22-10-8-9-19(3)18-22/h6-16,18,25H,4-5,17H2,1-3H3. The Morgan fingerprint density at radius 3 is 2.44 bits per heavy atom. The first kappa shape index (κ1) is 23.9. The Kier molecular flexibility index (Phi) is 7.27. The number of aryl methyl sites for hydroxylation is 1. The average Bonchev–Trinajstić information content (AvgIpc) is 2.84. The van der Waals surface area contributed by atoms with Gasteiger partial charge in [0.1, 0.15) is 5.82 Å². The minimum Gasteiger partial charge on any atom is -0.328 e. The van der Waals surface area contributed by atoms with Gasteiger partial charge in [0.05, 0.1) is 22.6 Å². The number of carbonyl (C=O) groups is 1. The van der Waals surface area contributed by atoms with E-state index in [4.69, 9.17) is 4.98 Å². The van der Waals surface area contributed by atoms with E-state index in [2.05, 4.69) is 22.9 Å². The van der Waals surface area contributed by atoms with Crippen molar-refractivity contribution in [1.29, 1.82) is 0 Å². The van der Waals surface area contributed by atoms with E-state index in [0.717, 1.165) is 22.1 Å². The molecule has 3 aromatic carbocycles. The summed E-state index contributed by atoms with van der Waals surface area (Å²) < 4.78 is 2.60. The molecule has 1 amide bonds. The van der Waals surface area contributed by atoms with E-state index in [-0.39, 0.29) is 17.5 Å². The minimum absolute atomic E-state index is 0.0700. The number of hydrogen-bond donors (Lipinski definition) is 0. The predicted octanol–water partition coefficient (Wildman–Crippen LogP) is 6.46. The van der Waals surface area contributed by atoms with Crippen LogP contribution in [-0.2, 0) is 0 Å². The lowest BCUT2D eigenvalue weighted by Gasteiger charge is -2.32. The minimum atomic E-state index is -0.367. The van der Waals surface area contributed by atoms with Crippen LogP contribution in [0.1, 0.15) is 54.5 Å². The van der Waals surface area contributed by atoms with E-state index in [0.29, 0.717) is 35.3 Å². The fourth-order valence-electron chi connectivity index (χ4n) is 4.33. The second kappa shape index (κ2) is 10.3. The Bertz CT molecular complexity index is 1380. The summed E-state index contributed by atoms with van der Waals surface area (Å²) in [5.74, 6) is 0.509. The van der Waals surface area contributed by atoms with Gasteiger partial charge >= 0.3 is 0 Å². The first-order chi connectivity index (χ1) is 16.4. The Balaban J connectivity index is 1.94. The molecular weight excluding hydrogens is 490 g/mol. The fraction of sp³-hybridized carbons (Fsp3) is 0.250. The van der Waals surface area contributed by atoms with Gasteiger partial charge in [-0.1, -0.05) is 54.0 Å². The molecule has 0 aliphatic rings. The van der Waals surface area contributed by atoms with Crippen LogP contribution >= 0.6 is 15.9 Å². The van der Waals surface area contributed by atoms with Gasteiger partial charge in [-0.05, 0) is 73.9 Å². The number of para-hydroxylation sites is 1. The van der Waals surface area contributed by atoms with Crippen LogP contribution in [0.3, 0.4) is 0 Å². The number of benzene rings is 3. The first-order valence-electron chi connectivity index (χ1n) is 11.6. The highest BCUT2D eigenvalue weighted by atomic mass is 79.9. The third kappa shape index (κ3) is 4.68. The Morgan fingerprint density at radius 2 is 1.76 bits per heavy atom. The second-order valence-corrected chi connectivity index (χ2v) is 9.31. The molecule has 174 valence electrons. The maximum atomic E-state index is 13.8. The maximum Gasteiger partial charge on any atom is 0.266 e. The van der Waals surface area contributed by atoms with Crippen LogP contribution < -0.4 is 5.56 Å². The van der Waals surface area contributed by atoms with Crippen LogP contribution in [0.2, 0.25) is 0 Å². The number of amides is 1. The van der Waals surface area contributed by atoms with Crippen LogP contribution in [0.4, 0.5) is 0 Å². The second-order valence-electron chi connectivity index (χ2n) is 8.40. The SMILES string of the molecule is CCCN(C(=O)c1ccc(Br)cc1)C(CC)c1nc2ccccc2c(=O)n1-c1cccc(C)c1. The molecule has 0 spiro atoms. The van der Waals surface area contributed by atoms with Crippen LogP contribution in [0.25, 0.3) is 16.6 Å². The maximum absolute atomic E-state index is 13.8. The third-order valence-corrected chi connectivity index (χ3v) is 6.47. The van der Waals surface area contributed by atoms with E-state index < -0.39 is 0 Å². The summed E-state index contributed by atoms with van der Waals surface area (Å²) >= 11 is 3.44. The number of fused-ring (bicyclic) bond motifs is 1. The summed E-state index contributed by atoms with van der Waals surface area (Å²) in [6.07, 6.45) is 1.42. The Labute approximate surface area is 208 Å². The van der Waals surface area contributed by atoms with Gasteiger partial charge in [-0.25, -0.2) is 4.98 Å². The molecule has 1 heterocycles. The van der Waals surface area contributed by atoms with Crippen molar-refractivity contribution in [3.63, 3.8) is 0 Å². The number of rotatable bonds is 7. The highest BCUT2D eigenvalue weighted by molar-refractivity contribution is 9.10. The molecule has 0 aliphatic carbocycles. The molecule has 0 bridgehead atoms. The number of aromatic nitrogens is 2. The molecule has 0 radical (unpaired) electrons. The summed E-state index contributed by atoms with van der Waals surface area (Å²) in [6.45, 7) is 6.64. The van der Waals surface area contributed by atoms with Crippen LogP contribution in [0, 0.1) is 6.92 Å². The van der Waals surface area contributed by atoms with Gasteiger partial charge < -0.3 is 4.90 Å². The molecule has 1 aromatic heterocycles. The van der Waals surface area contributed by atoms with Crippen LogP contribution in [0.15, 0.2) is 82.1 Å². The summed E-state index contributed by atoms with van der Waals surface area (Å²) in [4.78, 5) is 34.2.